The molecular weight excluding hydrogens is 793 g/mol. The zero-order valence-electron chi connectivity index (χ0n) is 37.9. The molecule has 3 heterocycles. The summed E-state index contributed by atoms with van der Waals surface area (Å²) >= 11 is 0. The van der Waals surface area contributed by atoms with Crippen LogP contribution in [-0.2, 0) is 38.1 Å². The van der Waals surface area contributed by atoms with Crippen LogP contribution < -0.4 is 10.5 Å². The number of cyclic esters (lactones) is 1. The van der Waals surface area contributed by atoms with E-state index in [1.807, 2.05) is 63.3 Å². The fraction of sp³-hybridized carbons (Fsp3) is 0.673. The lowest BCUT2D eigenvalue weighted by Crippen LogP contribution is -2.64. The second kappa shape index (κ2) is 22.3. The van der Waals surface area contributed by atoms with E-state index < -0.39 is 77.8 Å². The molecule has 2 saturated heterocycles. The van der Waals surface area contributed by atoms with Crippen LogP contribution in [0.2, 0.25) is 0 Å². The van der Waals surface area contributed by atoms with Gasteiger partial charge in [0.05, 0.1) is 18.3 Å². The standard InChI is InChI=1S/C49H72N2O11/c1-9-15-35-23-29(2)22-30(3)24-42(58-7)45-43(59-8)26-32(5)49(57,62-45)46(54)47(55)51-21-14-13-18-38(51)48(56)61-44(33(6)39(52)28-40(35)53)31(4)25-34-19-20-37(50)41(27-34)60-36-16-11-10-12-17-36/h9-12,16-17,23,25,30,32-35,37-39,41-45,52,57H,1,13-15,18-22,24,26-28,50H2,2-8H3/b29-23+,31-25?. The molecule has 3 aliphatic heterocycles. The lowest BCUT2D eigenvalue weighted by molar-refractivity contribution is -0.302. The van der Waals surface area contributed by atoms with Gasteiger partial charge in [-0.3, -0.25) is 14.4 Å². The number of rotatable bonds is 8. The van der Waals surface area contributed by atoms with Crippen LogP contribution in [-0.4, -0.2) is 114 Å². The molecule has 1 aliphatic carbocycles. The van der Waals surface area contributed by atoms with E-state index in [1.54, 1.807) is 19.9 Å². The van der Waals surface area contributed by atoms with Crippen molar-refractivity contribution in [2.45, 2.75) is 160 Å². The van der Waals surface area contributed by atoms with Crippen molar-refractivity contribution in [3.8, 4) is 5.75 Å². The van der Waals surface area contributed by atoms with Crippen LogP contribution in [0.15, 0.2) is 66.3 Å². The molecule has 14 atom stereocenters. The SMILES string of the molecule is C=CCC1/C=C(\C)CC(C)CC(OC)C2OC(O)(C(=O)C(=O)N3CCCCC3C(=O)OC(C(C)=CC3CCC(N)C(Oc4ccccc4)C3)C(C)C(O)CC1=O)C(C)CC2OC. The van der Waals surface area contributed by atoms with Gasteiger partial charge in [0, 0.05) is 51.0 Å². The van der Waals surface area contributed by atoms with Gasteiger partial charge in [-0.05, 0) is 108 Å². The maximum Gasteiger partial charge on any atom is 0.329 e. The predicted molar refractivity (Wildman–Crippen MR) is 235 cm³/mol. The van der Waals surface area contributed by atoms with Crippen molar-refractivity contribution in [3.05, 3.63) is 66.3 Å². The second-order valence-corrected chi connectivity index (χ2v) is 18.6. The highest BCUT2D eigenvalue weighted by atomic mass is 16.7. The fourth-order valence-corrected chi connectivity index (χ4v) is 10.0. The number of ketones is 2. The smallest absolute Gasteiger partial charge is 0.329 e. The number of esters is 1. The third-order valence-electron chi connectivity index (χ3n) is 13.7. The zero-order valence-corrected chi connectivity index (χ0v) is 37.9. The van der Waals surface area contributed by atoms with Crippen LogP contribution in [0.4, 0.5) is 0 Å². The lowest BCUT2D eigenvalue weighted by atomic mass is 9.81. The van der Waals surface area contributed by atoms with Gasteiger partial charge in [0.1, 0.15) is 35.9 Å². The summed E-state index contributed by atoms with van der Waals surface area (Å²) < 4.78 is 30.7. The summed E-state index contributed by atoms with van der Waals surface area (Å²) in [6.45, 7) is 13.2. The molecule has 5 rings (SSSR count). The molecule has 0 aromatic heterocycles. The van der Waals surface area contributed by atoms with E-state index in [0.717, 1.165) is 17.7 Å². The van der Waals surface area contributed by atoms with Crippen molar-refractivity contribution >= 4 is 23.4 Å². The number of methoxy groups -OCH3 is 2. The van der Waals surface area contributed by atoms with Gasteiger partial charge in [0.15, 0.2) is 0 Å². The summed E-state index contributed by atoms with van der Waals surface area (Å²) in [7, 11) is 3.06. The first-order chi connectivity index (χ1) is 29.5. The molecular formula is C49H72N2O11. The number of hydrogen-bond donors (Lipinski definition) is 3. The molecule has 1 aromatic rings. The average Bonchev–Trinajstić information content (AvgIpc) is 3.25. The Morgan fingerprint density at radius 2 is 1.66 bits per heavy atom. The Bertz CT molecular complexity index is 1770. The number of para-hydroxylation sites is 1. The number of hydrogen-bond acceptors (Lipinski definition) is 12. The van der Waals surface area contributed by atoms with Crippen molar-refractivity contribution in [2.24, 2.45) is 35.3 Å². The van der Waals surface area contributed by atoms with E-state index in [4.69, 9.17) is 29.4 Å². The first kappa shape index (κ1) is 49.3. The summed E-state index contributed by atoms with van der Waals surface area (Å²) in [5.41, 5.74) is 8.18. The minimum atomic E-state index is -2.51. The predicted octanol–water partition coefficient (Wildman–Crippen LogP) is 6.04. The number of carbonyl (C=O) groups is 4. The average molecular weight is 865 g/mol. The number of fused-ring (bicyclic) bond motifs is 3. The van der Waals surface area contributed by atoms with Crippen LogP contribution in [0, 0.1) is 29.6 Å². The Balaban J connectivity index is 1.52. The highest BCUT2D eigenvalue weighted by molar-refractivity contribution is 6.39. The highest BCUT2D eigenvalue weighted by Crippen LogP contribution is 2.39. The maximum atomic E-state index is 14.5. The molecule has 14 unspecified atom stereocenters. The van der Waals surface area contributed by atoms with Gasteiger partial charge in [0.2, 0.25) is 5.79 Å². The molecule has 0 spiro atoms. The van der Waals surface area contributed by atoms with Crippen molar-refractivity contribution < 1.29 is 53.1 Å². The van der Waals surface area contributed by atoms with E-state index >= 15 is 0 Å². The molecule has 344 valence electrons. The van der Waals surface area contributed by atoms with Crippen LogP contribution in [0.3, 0.4) is 0 Å². The van der Waals surface area contributed by atoms with Gasteiger partial charge in [-0.2, -0.15) is 0 Å². The van der Waals surface area contributed by atoms with Gasteiger partial charge in [-0.25, -0.2) is 4.79 Å². The molecule has 1 amide bonds. The lowest BCUT2D eigenvalue weighted by Gasteiger charge is -2.47. The number of aliphatic hydroxyl groups excluding tert-OH is 1. The largest absolute Gasteiger partial charge is 0.489 e. The quantitative estimate of drug-likeness (QED) is 0.157. The van der Waals surface area contributed by atoms with Crippen LogP contribution in [0.1, 0.15) is 105 Å². The first-order valence-corrected chi connectivity index (χ1v) is 22.7. The van der Waals surface area contributed by atoms with Crippen LogP contribution >= 0.6 is 0 Å². The topological polar surface area (TPSA) is 184 Å². The summed E-state index contributed by atoms with van der Waals surface area (Å²) in [5.74, 6) is -6.99. The van der Waals surface area contributed by atoms with Crippen molar-refractivity contribution in [3.63, 3.8) is 0 Å². The van der Waals surface area contributed by atoms with Crippen molar-refractivity contribution in [2.75, 3.05) is 20.8 Å². The molecule has 1 saturated carbocycles. The van der Waals surface area contributed by atoms with Gasteiger partial charge in [-0.15, -0.1) is 6.58 Å². The Morgan fingerprint density at radius 3 is 2.34 bits per heavy atom. The minimum Gasteiger partial charge on any atom is -0.489 e. The third-order valence-corrected chi connectivity index (χ3v) is 13.7. The third kappa shape index (κ3) is 11.9. The molecule has 2 bridgehead atoms. The Hall–Kier alpha value is -3.72. The summed E-state index contributed by atoms with van der Waals surface area (Å²) in [6.07, 6.45) is 6.06. The van der Waals surface area contributed by atoms with Crippen LogP contribution in [0.25, 0.3) is 0 Å². The van der Waals surface area contributed by atoms with E-state index in [0.29, 0.717) is 50.5 Å². The minimum absolute atomic E-state index is 0.00801. The van der Waals surface area contributed by atoms with Crippen molar-refractivity contribution in [1.29, 1.82) is 0 Å². The molecule has 3 fully saturated rings. The molecule has 13 heteroatoms. The number of amides is 1. The fourth-order valence-electron chi connectivity index (χ4n) is 10.0. The second-order valence-electron chi connectivity index (χ2n) is 18.6. The summed E-state index contributed by atoms with van der Waals surface area (Å²) in [4.78, 5) is 58.3. The Labute approximate surface area is 368 Å². The number of carbonyl (C=O) groups excluding carboxylic acids is 4. The summed E-state index contributed by atoms with van der Waals surface area (Å²) in [5, 5.41) is 23.9. The first-order valence-electron chi connectivity index (χ1n) is 22.7. The molecule has 1 aromatic carbocycles. The number of ether oxygens (including phenoxy) is 5. The molecule has 13 nitrogen and oxygen atoms in total. The van der Waals surface area contributed by atoms with Gasteiger partial charge >= 0.3 is 5.97 Å². The zero-order chi connectivity index (χ0) is 45.3. The van der Waals surface area contributed by atoms with E-state index in [2.05, 4.69) is 6.58 Å². The maximum absolute atomic E-state index is 14.5. The number of allylic oxidation sites excluding steroid dienone is 4. The number of nitrogens with zero attached hydrogens (tertiary/aromatic N) is 1. The monoisotopic (exact) mass is 865 g/mol. The Kier molecular flexibility index (Phi) is 17.7. The number of benzene rings is 1. The summed E-state index contributed by atoms with van der Waals surface area (Å²) in [6, 6.07) is 8.21. The van der Waals surface area contributed by atoms with Crippen molar-refractivity contribution in [1.82, 2.24) is 4.90 Å². The normalized spacial score (nSPS) is 38.5. The molecule has 62 heavy (non-hydrogen) atoms. The number of Topliss-reactive ketones (excluding diaryl/α,β-unsaturated/α-hetero) is 2. The van der Waals surface area contributed by atoms with E-state index in [9.17, 15) is 29.4 Å². The number of nitrogens with two attached hydrogens (primary N) is 1. The molecule has 4 N–H and O–H groups in total. The van der Waals surface area contributed by atoms with E-state index in [-0.39, 0.29) is 55.6 Å². The van der Waals surface area contributed by atoms with Gasteiger partial charge in [0.25, 0.3) is 11.7 Å². The number of piperidine rings is 1. The van der Waals surface area contributed by atoms with Crippen LogP contribution in [0.5, 0.6) is 5.75 Å². The molecule has 0 radical (unpaired) electrons. The Morgan fingerprint density at radius 1 is 0.968 bits per heavy atom. The van der Waals surface area contributed by atoms with E-state index in [1.165, 1.54) is 19.1 Å². The van der Waals surface area contributed by atoms with Gasteiger partial charge < -0.3 is 44.5 Å². The highest BCUT2D eigenvalue weighted by Gasteiger charge is 2.56. The van der Waals surface area contributed by atoms with Gasteiger partial charge in [-0.1, -0.05) is 62.8 Å². The number of aliphatic hydroxyl groups is 2. The molecule has 4 aliphatic rings.